The van der Waals surface area contributed by atoms with Crippen LogP contribution in [0.15, 0.2) is 12.7 Å². The monoisotopic (exact) mass is 290 g/mol. The number of amides is 2. The van der Waals surface area contributed by atoms with Crippen molar-refractivity contribution in [3.05, 3.63) is 12.7 Å². The molecule has 0 spiro atoms. The minimum absolute atomic E-state index is 0.00725. The van der Waals surface area contributed by atoms with Crippen LogP contribution in [-0.2, 0) is 4.79 Å². The second-order valence-electron chi connectivity index (χ2n) is 4.93. The van der Waals surface area contributed by atoms with E-state index >= 15 is 0 Å². The number of β-amino-alcohol motifs (C(OH)–C–C–N with tert-alkyl or cyclic N) is 1. The standard InChI is InChI=1S/C12H19ClN2O4/c1-4-12(3,7(2)13)14-11(19)15-6-8(16)5-9(15)10(17)18/h4,7-9,16H,1,5-6H2,2-3H3,(H,14,19)(H,17,18)/t7-,8-,9-,12?/m0/s1. The predicted molar refractivity (Wildman–Crippen MR) is 71.2 cm³/mol. The van der Waals surface area contributed by atoms with E-state index in [1.807, 2.05) is 0 Å². The maximum atomic E-state index is 12.1. The van der Waals surface area contributed by atoms with Gasteiger partial charge in [0.2, 0.25) is 0 Å². The molecule has 1 aliphatic heterocycles. The maximum absolute atomic E-state index is 12.1. The molecule has 4 atom stereocenters. The molecule has 0 aromatic rings. The molecule has 0 bridgehead atoms. The number of hydrogen-bond acceptors (Lipinski definition) is 3. The van der Waals surface area contributed by atoms with Gasteiger partial charge in [0.05, 0.1) is 17.0 Å². The van der Waals surface area contributed by atoms with Crippen molar-refractivity contribution >= 4 is 23.6 Å². The lowest BCUT2D eigenvalue weighted by Crippen LogP contribution is -2.56. The van der Waals surface area contributed by atoms with Crippen LogP contribution in [0.3, 0.4) is 0 Å². The number of aliphatic hydroxyl groups excluding tert-OH is 1. The zero-order valence-electron chi connectivity index (χ0n) is 11.0. The molecule has 3 N–H and O–H groups in total. The quantitative estimate of drug-likeness (QED) is 0.527. The van der Waals surface area contributed by atoms with Gasteiger partial charge in [-0.1, -0.05) is 6.08 Å². The Morgan fingerprint density at radius 1 is 1.63 bits per heavy atom. The number of aliphatic hydroxyl groups is 1. The summed E-state index contributed by atoms with van der Waals surface area (Å²) in [4.78, 5) is 24.3. The number of nitrogens with one attached hydrogen (secondary N) is 1. The first-order chi connectivity index (χ1) is 8.71. The number of rotatable bonds is 4. The molecule has 1 saturated heterocycles. The average Bonchev–Trinajstić information content (AvgIpc) is 2.71. The van der Waals surface area contributed by atoms with Gasteiger partial charge in [-0.05, 0) is 13.8 Å². The SMILES string of the molecule is C=CC(C)(NC(=O)N1C[C@@H](O)C[C@H]1C(=O)O)[C@H](C)Cl. The van der Waals surface area contributed by atoms with Crippen molar-refractivity contribution in [1.82, 2.24) is 10.2 Å². The molecule has 1 aliphatic rings. The number of nitrogens with zero attached hydrogens (tertiary/aromatic N) is 1. The molecule has 0 saturated carbocycles. The lowest BCUT2D eigenvalue weighted by atomic mass is 9.99. The van der Waals surface area contributed by atoms with Crippen LogP contribution < -0.4 is 5.32 Å². The zero-order chi connectivity index (χ0) is 14.8. The van der Waals surface area contributed by atoms with Gasteiger partial charge in [-0.25, -0.2) is 9.59 Å². The van der Waals surface area contributed by atoms with E-state index < -0.39 is 35.1 Å². The van der Waals surface area contributed by atoms with Gasteiger partial charge in [0, 0.05) is 13.0 Å². The summed E-state index contributed by atoms with van der Waals surface area (Å²) in [7, 11) is 0. The van der Waals surface area contributed by atoms with Crippen LogP contribution >= 0.6 is 11.6 Å². The van der Waals surface area contributed by atoms with Gasteiger partial charge in [0.1, 0.15) is 6.04 Å². The van der Waals surface area contributed by atoms with Gasteiger partial charge in [-0.3, -0.25) is 0 Å². The molecule has 0 radical (unpaired) electrons. The minimum atomic E-state index is -1.13. The van der Waals surface area contributed by atoms with Crippen molar-refractivity contribution < 1.29 is 19.8 Å². The molecule has 1 fully saturated rings. The van der Waals surface area contributed by atoms with Crippen LogP contribution in [0.25, 0.3) is 0 Å². The van der Waals surface area contributed by atoms with Gasteiger partial charge in [-0.15, -0.1) is 18.2 Å². The summed E-state index contributed by atoms with van der Waals surface area (Å²) in [5, 5.41) is 20.8. The third-order valence-corrected chi connectivity index (χ3v) is 3.90. The van der Waals surface area contributed by atoms with Crippen molar-refractivity contribution in [3.63, 3.8) is 0 Å². The minimum Gasteiger partial charge on any atom is -0.480 e. The predicted octanol–water partition coefficient (Wildman–Crippen LogP) is 0.788. The van der Waals surface area contributed by atoms with E-state index in [-0.39, 0.29) is 13.0 Å². The Morgan fingerprint density at radius 2 is 2.21 bits per heavy atom. The van der Waals surface area contributed by atoms with Crippen molar-refractivity contribution in [1.29, 1.82) is 0 Å². The number of alkyl halides is 1. The number of aliphatic carboxylic acids is 1. The Labute approximate surface area is 117 Å². The van der Waals surface area contributed by atoms with Crippen LogP contribution in [0, 0.1) is 0 Å². The van der Waals surface area contributed by atoms with Crippen LogP contribution in [-0.4, -0.2) is 56.7 Å². The summed E-state index contributed by atoms with van der Waals surface area (Å²) in [5.74, 6) is -1.13. The molecule has 0 aromatic carbocycles. The van der Waals surface area contributed by atoms with E-state index in [0.29, 0.717) is 0 Å². The lowest BCUT2D eigenvalue weighted by Gasteiger charge is -2.33. The molecule has 6 nitrogen and oxygen atoms in total. The Bertz CT molecular complexity index is 388. The molecular weight excluding hydrogens is 272 g/mol. The highest BCUT2D eigenvalue weighted by Crippen LogP contribution is 2.21. The zero-order valence-corrected chi connectivity index (χ0v) is 11.7. The Hall–Kier alpha value is -1.27. The third-order valence-electron chi connectivity index (χ3n) is 3.45. The number of carboxylic acids is 1. The summed E-state index contributed by atoms with van der Waals surface area (Å²) in [6, 6.07) is -1.59. The number of urea groups is 1. The van der Waals surface area contributed by atoms with Gasteiger partial charge in [0.15, 0.2) is 0 Å². The van der Waals surface area contributed by atoms with Crippen molar-refractivity contribution in [2.45, 2.75) is 43.3 Å². The fourth-order valence-corrected chi connectivity index (χ4v) is 2.03. The molecule has 0 aromatic heterocycles. The molecule has 0 aliphatic carbocycles. The summed E-state index contributed by atoms with van der Waals surface area (Å²) >= 11 is 5.99. The Morgan fingerprint density at radius 3 is 2.63 bits per heavy atom. The molecule has 1 heterocycles. The van der Waals surface area contributed by atoms with Crippen molar-refractivity contribution in [2.24, 2.45) is 0 Å². The number of halogens is 1. The second kappa shape index (κ2) is 5.79. The van der Waals surface area contributed by atoms with Gasteiger partial charge < -0.3 is 20.4 Å². The van der Waals surface area contributed by atoms with Crippen LogP contribution in [0.1, 0.15) is 20.3 Å². The van der Waals surface area contributed by atoms with E-state index in [0.717, 1.165) is 4.90 Å². The highest BCUT2D eigenvalue weighted by Gasteiger charge is 2.41. The molecular formula is C12H19ClN2O4. The summed E-state index contributed by atoms with van der Waals surface area (Å²) < 4.78 is 0. The van der Waals surface area contributed by atoms with E-state index in [9.17, 15) is 14.7 Å². The fourth-order valence-electron chi connectivity index (χ4n) is 1.89. The number of hydrogen-bond donors (Lipinski definition) is 3. The van der Waals surface area contributed by atoms with E-state index in [2.05, 4.69) is 11.9 Å². The van der Waals surface area contributed by atoms with E-state index in [1.54, 1.807) is 13.8 Å². The molecule has 1 unspecified atom stereocenters. The number of likely N-dealkylation sites (tertiary alicyclic amines) is 1. The summed E-state index contributed by atoms with van der Waals surface area (Å²) in [6.45, 7) is 7.01. The van der Waals surface area contributed by atoms with Gasteiger partial charge in [-0.2, -0.15) is 0 Å². The highest BCUT2D eigenvalue weighted by atomic mass is 35.5. The Kier molecular flexibility index (Phi) is 4.81. The second-order valence-corrected chi connectivity index (χ2v) is 5.58. The van der Waals surface area contributed by atoms with Gasteiger partial charge >= 0.3 is 12.0 Å². The first-order valence-electron chi connectivity index (χ1n) is 5.98. The van der Waals surface area contributed by atoms with E-state index in [1.165, 1.54) is 6.08 Å². The van der Waals surface area contributed by atoms with Gasteiger partial charge in [0.25, 0.3) is 0 Å². The first-order valence-corrected chi connectivity index (χ1v) is 6.42. The topological polar surface area (TPSA) is 89.9 Å². The van der Waals surface area contributed by atoms with Crippen molar-refractivity contribution in [3.8, 4) is 0 Å². The van der Waals surface area contributed by atoms with Crippen molar-refractivity contribution in [2.75, 3.05) is 6.54 Å². The smallest absolute Gasteiger partial charge is 0.326 e. The molecule has 19 heavy (non-hydrogen) atoms. The molecule has 1 rings (SSSR count). The highest BCUT2D eigenvalue weighted by molar-refractivity contribution is 6.21. The maximum Gasteiger partial charge on any atom is 0.326 e. The number of carboxylic acid groups (broad SMARTS) is 1. The van der Waals surface area contributed by atoms with Crippen LogP contribution in [0.2, 0.25) is 0 Å². The largest absolute Gasteiger partial charge is 0.480 e. The molecule has 108 valence electrons. The first kappa shape index (κ1) is 15.8. The summed E-state index contributed by atoms with van der Waals surface area (Å²) in [6.07, 6.45) is 0.713. The number of carbonyl (C=O) groups is 2. The molecule has 2 amide bonds. The third kappa shape index (κ3) is 3.39. The van der Waals surface area contributed by atoms with Crippen LogP contribution in [0.4, 0.5) is 4.79 Å². The average molecular weight is 291 g/mol. The summed E-state index contributed by atoms with van der Waals surface area (Å²) in [5.41, 5.74) is -0.852. The number of carbonyl (C=O) groups excluding carboxylic acids is 1. The van der Waals surface area contributed by atoms with E-state index in [4.69, 9.17) is 16.7 Å². The normalized spacial score (nSPS) is 27.5. The molecule has 7 heteroatoms. The Balaban J connectivity index is 2.82. The lowest BCUT2D eigenvalue weighted by molar-refractivity contribution is -0.141. The van der Waals surface area contributed by atoms with Crippen LogP contribution in [0.5, 0.6) is 0 Å². The fraction of sp³-hybridized carbons (Fsp3) is 0.667.